The molecule has 1 amide bonds. The van der Waals surface area contributed by atoms with E-state index in [-0.39, 0.29) is 35.2 Å². The van der Waals surface area contributed by atoms with Crippen molar-refractivity contribution in [3.05, 3.63) is 0 Å². The second-order valence-electron chi connectivity index (χ2n) is 9.84. The molecular formula is C19H37NO5Si. The van der Waals surface area contributed by atoms with Crippen molar-refractivity contribution >= 4 is 20.4 Å². The van der Waals surface area contributed by atoms with Crippen LogP contribution < -0.4 is 5.32 Å². The maximum absolute atomic E-state index is 12.3. The third-order valence-electron chi connectivity index (χ3n) is 5.21. The van der Waals surface area contributed by atoms with Gasteiger partial charge in [-0.2, -0.15) is 0 Å². The van der Waals surface area contributed by atoms with Crippen LogP contribution in [0.15, 0.2) is 0 Å². The van der Waals surface area contributed by atoms with Gasteiger partial charge in [-0.1, -0.05) is 20.8 Å². The predicted octanol–water partition coefficient (Wildman–Crippen LogP) is 4.24. The lowest BCUT2D eigenvalue weighted by atomic mass is 9.97. The van der Waals surface area contributed by atoms with Gasteiger partial charge in [-0.25, -0.2) is 4.79 Å². The topological polar surface area (TPSA) is 73.9 Å². The van der Waals surface area contributed by atoms with E-state index in [2.05, 4.69) is 39.2 Å². The van der Waals surface area contributed by atoms with E-state index >= 15 is 0 Å². The highest BCUT2D eigenvalue weighted by atomic mass is 28.4. The van der Waals surface area contributed by atoms with Crippen molar-refractivity contribution in [2.75, 3.05) is 0 Å². The lowest BCUT2D eigenvalue weighted by Crippen LogP contribution is -2.45. The molecule has 6 nitrogen and oxygen atoms in total. The van der Waals surface area contributed by atoms with E-state index in [0.29, 0.717) is 6.42 Å². The molecule has 1 aliphatic rings. The number of cyclic esters (lactones) is 1. The van der Waals surface area contributed by atoms with Crippen molar-refractivity contribution in [3.8, 4) is 0 Å². The number of ether oxygens (including phenoxy) is 2. The van der Waals surface area contributed by atoms with Crippen molar-refractivity contribution in [1.82, 2.24) is 5.32 Å². The Morgan fingerprint density at radius 3 is 2.19 bits per heavy atom. The molecular weight excluding hydrogens is 350 g/mol. The third-order valence-corrected chi connectivity index (χ3v) is 9.79. The van der Waals surface area contributed by atoms with Crippen molar-refractivity contribution < 1.29 is 23.5 Å². The summed E-state index contributed by atoms with van der Waals surface area (Å²) in [6.07, 6.45) is -0.548. The van der Waals surface area contributed by atoms with Gasteiger partial charge >= 0.3 is 12.1 Å². The number of hydrogen-bond donors (Lipinski definition) is 1. The largest absolute Gasteiger partial charge is 0.460 e. The number of carbonyl (C=O) groups is 2. The Balaban J connectivity index is 2.66. The summed E-state index contributed by atoms with van der Waals surface area (Å²) in [6.45, 7) is 20.1. The molecule has 0 aliphatic carbocycles. The standard InChI is InChI=1S/C19H37NO5Si/c1-12(20-17(22)24-18(3,4)5)15-11-14(16(21)23-15)13(2)25-26(9,10)19(6,7)8/h12-15H,11H2,1-10H3,(H,20,22)/t12-,13?,14?,15+/m0/s1. The van der Waals surface area contributed by atoms with Gasteiger partial charge < -0.3 is 19.2 Å². The number of esters is 1. The molecule has 4 atom stereocenters. The molecule has 1 rings (SSSR count). The minimum Gasteiger partial charge on any atom is -0.460 e. The zero-order chi connectivity index (χ0) is 20.5. The second kappa shape index (κ2) is 7.88. The molecule has 1 saturated heterocycles. The normalized spacial score (nSPS) is 24.0. The summed E-state index contributed by atoms with van der Waals surface area (Å²) < 4.78 is 17.1. The third kappa shape index (κ3) is 6.27. The van der Waals surface area contributed by atoms with E-state index in [1.165, 1.54) is 0 Å². The Morgan fingerprint density at radius 1 is 1.19 bits per heavy atom. The summed E-state index contributed by atoms with van der Waals surface area (Å²) >= 11 is 0. The van der Waals surface area contributed by atoms with E-state index in [1.54, 1.807) is 0 Å². The van der Waals surface area contributed by atoms with Gasteiger partial charge in [0.25, 0.3) is 0 Å². The monoisotopic (exact) mass is 387 g/mol. The van der Waals surface area contributed by atoms with Crippen LogP contribution >= 0.6 is 0 Å². The van der Waals surface area contributed by atoms with Crippen LogP contribution in [0.4, 0.5) is 4.79 Å². The highest BCUT2D eigenvalue weighted by Crippen LogP contribution is 2.39. The molecule has 0 radical (unpaired) electrons. The summed E-state index contributed by atoms with van der Waals surface area (Å²) in [4.78, 5) is 24.3. The van der Waals surface area contributed by atoms with Crippen LogP contribution in [0.3, 0.4) is 0 Å². The highest BCUT2D eigenvalue weighted by Gasteiger charge is 2.45. The molecule has 152 valence electrons. The first-order valence-electron chi connectivity index (χ1n) is 9.41. The van der Waals surface area contributed by atoms with Gasteiger partial charge in [0.1, 0.15) is 11.7 Å². The highest BCUT2D eigenvalue weighted by molar-refractivity contribution is 6.74. The first-order valence-corrected chi connectivity index (χ1v) is 12.3. The van der Waals surface area contributed by atoms with Crippen molar-refractivity contribution in [3.63, 3.8) is 0 Å². The molecule has 7 heteroatoms. The molecule has 1 heterocycles. The minimum atomic E-state index is -1.96. The summed E-state index contributed by atoms with van der Waals surface area (Å²) in [5, 5.41) is 2.84. The number of nitrogens with one attached hydrogen (secondary N) is 1. The van der Waals surface area contributed by atoms with E-state index in [9.17, 15) is 9.59 Å². The maximum Gasteiger partial charge on any atom is 0.407 e. The van der Waals surface area contributed by atoms with Crippen molar-refractivity contribution in [2.24, 2.45) is 5.92 Å². The first-order chi connectivity index (χ1) is 11.5. The van der Waals surface area contributed by atoms with E-state index in [0.717, 1.165) is 0 Å². The van der Waals surface area contributed by atoms with Gasteiger partial charge in [-0.15, -0.1) is 0 Å². The van der Waals surface area contributed by atoms with Gasteiger partial charge in [0.05, 0.1) is 18.1 Å². The predicted molar refractivity (Wildman–Crippen MR) is 105 cm³/mol. The Morgan fingerprint density at radius 2 is 1.73 bits per heavy atom. The SMILES string of the molecule is CC(O[Si](C)(C)C(C)(C)C)C1C[C@H]([C@H](C)NC(=O)OC(C)(C)C)OC1=O. The number of carbonyl (C=O) groups excluding carboxylic acids is 2. The second-order valence-corrected chi connectivity index (χ2v) is 14.6. The average Bonchev–Trinajstić information content (AvgIpc) is 2.76. The minimum absolute atomic E-state index is 0.0781. The summed E-state index contributed by atoms with van der Waals surface area (Å²) in [5.41, 5.74) is -0.565. The average molecular weight is 388 g/mol. The fraction of sp³-hybridized carbons (Fsp3) is 0.895. The number of hydrogen-bond acceptors (Lipinski definition) is 5. The van der Waals surface area contributed by atoms with Crippen LogP contribution in [0.2, 0.25) is 18.1 Å². The van der Waals surface area contributed by atoms with Crippen LogP contribution in [0.25, 0.3) is 0 Å². The Labute approximate surface area is 159 Å². The molecule has 1 N–H and O–H groups in total. The van der Waals surface area contributed by atoms with E-state index in [1.807, 2.05) is 34.6 Å². The molecule has 1 aliphatic heterocycles. The fourth-order valence-corrected chi connectivity index (χ4v) is 4.08. The van der Waals surface area contributed by atoms with Gasteiger partial charge in [0.15, 0.2) is 8.32 Å². The summed E-state index contributed by atoms with van der Waals surface area (Å²) in [6, 6.07) is -0.320. The number of amides is 1. The summed E-state index contributed by atoms with van der Waals surface area (Å²) in [5.74, 6) is -0.559. The molecule has 0 aromatic rings. The van der Waals surface area contributed by atoms with Gasteiger partial charge in [0.2, 0.25) is 0 Å². The summed E-state index contributed by atoms with van der Waals surface area (Å²) in [7, 11) is -1.96. The van der Waals surface area contributed by atoms with Crippen LogP contribution in [0.5, 0.6) is 0 Å². The van der Waals surface area contributed by atoms with Gasteiger partial charge in [0, 0.05) is 6.42 Å². The van der Waals surface area contributed by atoms with Gasteiger partial charge in [-0.3, -0.25) is 4.79 Å². The molecule has 0 aromatic heterocycles. The lowest BCUT2D eigenvalue weighted by molar-refractivity contribution is -0.147. The van der Waals surface area contributed by atoms with Gasteiger partial charge in [-0.05, 0) is 52.8 Å². The zero-order valence-electron chi connectivity index (χ0n) is 18.1. The maximum atomic E-state index is 12.3. The van der Waals surface area contributed by atoms with Crippen molar-refractivity contribution in [1.29, 1.82) is 0 Å². The van der Waals surface area contributed by atoms with E-state index in [4.69, 9.17) is 13.9 Å². The molecule has 0 aromatic carbocycles. The van der Waals surface area contributed by atoms with Crippen LogP contribution in [0.1, 0.15) is 61.8 Å². The van der Waals surface area contributed by atoms with Crippen LogP contribution in [-0.4, -0.2) is 44.2 Å². The molecule has 2 unspecified atom stereocenters. The van der Waals surface area contributed by atoms with Crippen LogP contribution in [0, 0.1) is 5.92 Å². The number of alkyl carbamates (subject to hydrolysis) is 1. The Kier molecular flexibility index (Phi) is 6.96. The molecule has 0 saturated carbocycles. The fourth-order valence-electron chi connectivity index (χ4n) is 2.63. The molecule has 1 fully saturated rings. The molecule has 26 heavy (non-hydrogen) atoms. The zero-order valence-corrected chi connectivity index (χ0v) is 19.1. The van der Waals surface area contributed by atoms with Crippen LogP contribution in [-0.2, 0) is 18.7 Å². The Hall–Kier alpha value is -1.08. The molecule has 0 spiro atoms. The number of rotatable bonds is 5. The first kappa shape index (κ1) is 23.0. The lowest BCUT2D eigenvalue weighted by Gasteiger charge is -2.39. The smallest absolute Gasteiger partial charge is 0.407 e. The molecule has 0 bridgehead atoms. The van der Waals surface area contributed by atoms with E-state index < -0.39 is 20.0 Å². The van der Waals surface area contributed by atoms with Crippen molar-refractivity contribution in [2.45, 2.75) is 104 Å². The quantitative estimate of drug-likeness (QED) is 0.564. The Bertz CT molecular complexity index is 521.